The zero-order valence-corrected chi connectivity index (χ0v) is 13.8. The van der Waals surface area contributed by atoms with Crippen LogP contribution in [0.2, 0.25) is 10.0 Å². The van der Waals surface area contributed by atoms with Gasteiger partial charge in [0.1, 0.15) is 0 Å². The number of thioether (sulfide) groups is 1. The zero-order chi connectivity index (χ0) is 15.9. The summed E-state index contributed by atoms with van der Waals surface area (Å²) >= 11 is 13.4. The molecule has 22 heavy (non-hydrogen) atoms. The molecule has 0 bridgehead atoms. The third-order valence-electron chi connectivity index (χ3n) is 2.79. The van der Waals surface area contributed by atoms with Gasteiger partial charge in [0.05, 0.1) is 28.3 Å². The van der Waals surface area contributed by atoms with Gasteiger partial charge in [-0.25, -0.2) is 0 Å². The Kier molecular flexibility index (Phi) is 6.14. The van der Waals surface area contributed by atoms with Crippen LogP contribution in [-0.4, -0.2) is 11.7 Å². The summed E-state index contributed by atoms with van der Waals surface area (Å²) in [6.45, 7) is 0. The van der Waals surface area contributed by atoms with E-state index in [0.717, 1.165) is 5.56 Å². The Morgan fingerprint density at radius 2 is 1.77 bits per heavy atom. The molecule has 0 fully saturated rings. The van der Waals surface area contributed by atoms with E-state index < -0.39 is 0 Å². The Labute approximate surface area is 143 Å². The molecule has 0 saturated carbocycles. The second kappa shape index (κ2) is 8.09. The molecule has 0 aromatic heterocycles. The highest BCUT2D eigenvalue weighted by Crippen LogP contribution is 2.33. The molecule has 0 spiro atoms. The maximum absolute atomic E-state index is 11.9. The van der Waals surface area contributed by atoms with Crippen molar-refractivity contribution in [1.82, 2.24) is 0 Å². The van der Waals surface area contributed by atoms with E-state index in [-0.39, 0.29) is 11.7 Å². The average molecular weight is 351 g/mol. The number of hydrogen-bond acceptors (Lipinski definition) is 3. The van der Waals surface area contributed by atoms with Gasteiger partial charge in [-0.3, -0.25) is 4.79 Å². The Balaban J connectivity index is 1.92. The number of nitrogens with one attached hydrogen (secondary N) is 1. The Morgan fingerprint density at radius 1 is 1.14 bits per heavy atom. The first kappa shape index (κ1) is 16.7. The molecule has 1 N–H and O–H groups in total. The van der Waals surface area contributed by atoms with E-state index in [1.807, 2.05) is 12.1 Å². The number of nitrogens with zero attached hydrogens (tertiary/aromatic N) is 1. The summed E-state index contributed by atoms with van der Waals surface area (Å²) in [6.07, 6.45) is 0.356. The van der Waals surface area contributed by atoms with Crippen molar-refractivity contribution in [2.45, 2.75) is 11.3 Å². The lowest BCUT2D eigenvalue weighted by atomic mass is 10.1. The summed E-state index contributed by atoms with van der Waals surface area (Å²) in [4.78, 5) is 12.6. The van der Waals surface area contributed by atoms with E-state index in [4.69, 9.17) is 28.5 Å². The molecule has 1 amide bonds. The number of hydrogen-bond donors (Lipinski definition) is 1. The topological polar surface area (TPSA) is 52.9 Å². The lowest BCUT2D eigenvalue weighted by molar-refractivity contribution is -0.113. The molecule has 112 valence electrons. The standard InChI is InChI=1S/C16H12Cl2N2OS/c17-13-2-1-3-14(18)16(13)22-10-15(21)20-12-6-4-11(5-7-12)8-9-19/h1-7H,8,10H2,(H,20,21). The van der Waals surface area contributed by atoms with E-state index in [9.17, 15) is 4.79 Å². The van der Waals surface area contributed by atoms with E-state index in [2.05, 4.69) is 11.4 Å². The molecule has 6 heteroatoms. The number of nitriles is 1. The van der Waals surface area contributed by atoms with Gasteiger partial charge in [-0.15, -0.1) is 11.8 Å². The van der Waals surface area contributed by atoms with Gasteiger partial charge in [0, 0.05) is 10.6 Å². The van der Waals surface area contributed by atoms with E-state index in [0.29, 0.717) is 27.0 Å². The fraction of sp³-hybridized carbons (Fsp3) is 0.125. The van der Waals surface area contributed by atoms with Crippen LogP contribution in [0, 0.1) is 11.3 Å². The summed E-state index contributed by atoms with van der Waals surface area (Å²) in [6, 6.07) is 14.5. The molecule has 0 heterocycles. The molecule has 0 aliphatic carbocycles. The lowest BCUT2D eigenvalue weighted by Gasteiger charge is -2.08. The molecular weight excluding hydrogens is 339 g/mol. The predicted molar refractivity (Wildman–Crippen MR) is 91.6 cm³/mol. The van der Waals surface area contributed by atoms with Crippen LogP contribution in [0.3, 0.4) is 0 Å². The number of amides is 1. The van der Waals surface area contributed by atoms with Crippen molar-refractivity contribution in [1.29, 1.82) is 5.26 Å². The van der Waals surface area contributed by atoms with Crippen molar-refractivity contribution in [3.63, 3.8) is 0 Å². The summed E-state index contributed by atoms with van der Waals surface area (Å²) in [5.41, 5.74) is 1.61. The number of halogens is 2. The molecule has 0 unspecified atom stereocenters. The molecule has 0 aliphatic heterocycles. The van der Waals surface area contributed by atoms with Crippen molar-refractivity contribution >= 4 is 46.6 Å². The summed E-state index contributed by atoms with van der Waals surface area (Å²) < 4.78 is 0. The molecule has 0 radical (unpaired) electrons. The van der Waals surface area contributed by atoms with Crippen molar-refractivity contribution in [3.05, 3.63) is 58.1 Å². The van der Waals surface area contributed by atoms with Crippen LogP contribution in [0.15, 0.2) is 47.4 Å². The molecule has 3 nitrogen and oxygen atoms in total. The van der Waals surface area contributed by atoms with Gasteiger partial charge in [-0.05, 0) is 29.8 Å². The van der Waals surface area contributed by atoms with Gasteiger partial charge in [-0.1, -0.05) is 41.4 Å². The molecule has 0 atom stereocenters. The Hall–Kier alpha value is -1.67. The molecule has 2 aromatic carbocycles. The number of carbonyl (C=O) groups excluding carboxylic acids is 1. The quantitative estimate of drug-likeness (QED) is 0.788. The average Bonchev–Trinajstić information content (AvgIpc) is 2.49. The number of rotatable bonds is 5. The van der Waals surface area contributed by atoms with E-state index >= 15 is 0 Å². The normalized spacial score (nSPS) is 10.0. The second-order valence-corrected chi connectivity index (χ2v) is 6.22. The van der Waals surface area contributed by atoms with Crippen LogP contribution < -0.4 is 5.32 Å². The highest BCUT2D eigenvalue weighted by molar-refractivity contribution is 8.00. The lowest BCUT2D eigenvalue weighted by Crippen LogP contribution is -2.14. The highest BCUT2D eigenvalue weighted by atomic mass is 35.5. The number of carbonyl (C=O) groups is 1. The summed E-state index contributed by atoms with van der Waals surface area (Å²) in [5, 5.41) is 12.5. The minimum Gasteiger partial charge on any atom is -0.325 e. The van der Waals surface area contributed by atoms with Crippen molar-refractivity contribution in [2.75, 3.05) is 11.1 Å². The van der Waals surface area contributed by atoms with E-state index in [1.165, 1.54) is 11.8 Å². The molecule has 2 aromatic rings. The van der Waals surface area contributed by atoms with Gasteiger partial charge < -0.3 is 5.32 Å². The van der Waals surface area contributed by atoms with Crippen LogP contribution in [0.4, 0.5) is 5.69 Å². The van der Waals surface area contributed by atoms with Crippen molar-refractivity contribution in [2.24, 2.45) is 0 Å². The first-order valence-corrected chi connectivity index (χ1v) is 8.17. The van der Waals surface area contributed by atoms with Crippen LogP contribution in [-0.2, 0) is 11.2 Å². The van der Waals surface area contributed by atoms with Crippen molar-refractivity contribution in [3.8, 4) is 6.07 Å². The van der Waals surface area contributed by atoms with Crippen LogP contribution in [0.1, 0.15) is 5.56 Å². The first-order chi connectivity index (χ1) is 10.6. The third-order valence-corrected chi connectivity index (χ3v) is 4.78. The fourth-order valence-electron chi connectivity index (χ4n) is 1.75. The van der Waals surface area contributed by atoms with E-state index in [1.54, 1.807) is 30.3 Å². The van der Waals surface area contributed by atoms with Gasteiger partial charge in [0.15, 0.2) is 0 Å². The predicted octanol–water partition coefficient (Wildman–Crippen LogP) is 4.79. The molecule has 0 aliphatic rings. The van der Waals surface area contributed by atoms with Crippen LogP contribution >= 0.6 is 35.0 Å². The second-order valence-electron chi connectivity index (χ2n) is 4.42. The maximum atomic E-state index is 11.9. The third kappa shape index (κ3) is 4.67. The number of benzene rings is 2. The van der Waals surface area contributed by atoms with Crippen LogP contribution in [0.25, 0.3) is 0 Å². The SMILES string of the molecule is N#CCc1ccc(NC(=O)CSc2c(Cl)cccc2Cl)cc1. The zero-order valence-electron chi connectivity index (χ0n) is 11.5. The largest absolute Gasteiger partial charge is 0.325 e. The number of anilines is 1. The molecule has 0 saturated heterocycles. The monoisotopic (exact) mass is 350 g/mol. The fourth-order valence-corrected chi connectivity index (χ4v) is 3.24. The van der Waals surface area contributed by atoms with Crippen molar-refractivity contribution < 1.29 is 4.79 Å². The summed E-state index contributed by atoms with van der Waals surface area (Å²) in [7, 11) is 0. The minimum atomic E-state index is -0.144. The highest BCUT2D eigenvalue weighted by Gasteiger charge is 2.09. The Morgan fingerprint density at radius 3 is 2.36 bits per heavy atom. The van der Waals surface area contributed by atoms with Crippen LogP contribution in [0.5, 0.6) is 0 Å². The first-order valence-electron chi connectivity index (χ1n) is 6.42. The summed E-state index contributed by atoms with van der Waals surface area (Å²) in [5.74, 6) is 0.0673. The Bertz CT molecular complexity index is 691. The smallest absolute Gasteiger partial charge is 0.234 e. The van der Waals surface area contributed by atoms with Gasteiger partial charge >= 0.3 is 0 Å². The van der Waals surface area contributed by atoms with Gasteiger partial charge in [-0.2, -0.15) is 5.26 Å². The maximum Gasteiger partial charge on any atom is 0.234 e. The minimum absolute atomic E-state index is 0.144. The van der Waals surface area contributed by atoms with Gasteiger partial charge in [0.25, 0.3) is 0 Å². The molecular formula is C16H12Cl2N2OS. The molecule has 2 rings (SSSR count). The van der Waals surface area contributed by atoms with Gasteiger partial charge in [0.2, 0.25) is 5.91 Å².